The van der Waals surface area contributed by atoms with Crippen LogP contribution in [-0.2, 0) is 18.5 Å². The second kappa shape index (κ2) is 6.78. The van der Waals surface area contributed by atoms with Crippen molar-refractivity contribution in [2.24, 2.45) is 7.05 Å². The van der Waals surface area contributed by atoms with Gasteiger partial charge in [0.1, 0.15) is 6.61 Å². The first-order valence-electron chi connectivity index (χ1n) is 8.48. The first kappa shape index (κ1) is 16.6. The van der Waals surface area contributed by atoms with Gasteiger partial charge in [0.15, 0.2) is 28.2 Å². The molecule has 1 saturated heterocycles. The van der Waals surface area contributed by atoms with Gasteiger partial charge in [-0.25, -0.2) is 4.68 Å². The number of aromatic nitrogens is 3. The Morgan fingerprint density at radius 2 is 2.08 bits per heavy atom. The van der Waals surface area contributed by atoms with Crippen LogP contribution in [0.15, 0.2) is 24.3 Å². The summed E-state index contributed by atoms with van der Waals surface area (Å²) in [5.41, 5.74) is 0. The number of ether oxygens (including phenoxy) is 3. The summed E-state index contributed by atoms with van der Waals surface area (Å²) in [6, 6.07) is 7.67. The van der Waals surface area contributed by atoms with Crippen molar-refractivity contribution in [3.63, 3.8) is 0 Å². The molecule has 1 aromatic carbocycles. The Kier molecular flexibility index (Phi) is 4.49. The zero-order valence-corrected chi connectivity index (χ0v) is 15.2. The van der Waals surface area contributed by atoms with Crippen molar-refractivity contribution < 1.29 is 14.2 Å². The predicted octanol–water partition coefficient (Wildman–Crippen LogP) is 2.14. The summed E-state index contributed by atoms with van der Waals surface area (Å²) < 4.78 is 21.9. The van der Waals surface area contributed by atoms with Gasteiger partial charge in [-0.15, -0.1) is 0 Å². The molecule has 7 nitrogen and oxygen atoms in total. The van der Waals surface area contributed by atoms with E-state index < -0.39 is 0 Å². The van der Waals surface area contributed by atoms with Crippen molar-refractivity contribution in [1.29, 1.82) is 0 Å². The minimum Gasteiger partial charge on any atom is -0.485 e. The van der Waals surface area contributed by atoms with Crippen LogP contribution in [0.4, 0.5) is 0 Å². The van der Waals surface area contributed by atoms with Crippen LogP contribution in [0.2, 0.25) is 0 Å². The third-order valence-corrected chi connectivity index (χ3v) is 5.01. The Balaban J connectivity index is 1.54. The fourth-order valence-electron chi connectivity index (χ4n) is 3.23. The zero-order chi connectivity index (χ0) is 17.4. The molecule has 8 heteroatoms. The molecule has 1 aromatic heterocycles. The van der Waals surface area contributed by atoms with E-state index in [1.54, 1.807) is 0 Å². The van der Waals surface area contributed by atoms with E-state index >= 15 is 0 Å². The summed E-state index contributed by atoms with van der Waals surface area (Å²) in [4.78, 5) is 2.30. The summed E-state index contributed by atoms with van der Waals surface area (Å²) in [5, 5.41) is 4.71. The third-order valence-electron chi connectivity index (χ3n) is 4.53. The second-order valence-corrected chi connectivity index (χ2v) is 6.83. The van der Waals surface area contributed by atoms with E-state index in [2.05, 4.69) is 11.8 Å². The molecule has 0 spiro atoms. The van der Waals surface area contributed by atoms with Gasteiger partial charge in [-0.3, -0.25) is 4.90 Å². The highest BCUT2D eigenvalue weighted by molar-refractivity contribution is 7.71. The largest absolute Gasteiger partial charge is 0.485 e. The van der Waals surface area contributed by atoms with Crippen molar-refractivity contribution in [2.75, 3.05) is 26.3 Å². The molecule has 4 rings (SSSR count). The summed E-state index contributed by atoms with van der Waals surface area (Å²) in [5.74, 6) is 2.28. The molecule has 0 N–H and O–H groups in total. The van der Waals surface area contributed by atoms with Crippen molar-refractivity contribution in [1.82, 2.24) is 19.2 Å². The highest BCUT2D eigenvalue weighted by atomic mass is 32.1. The quantitative estimate of drug-likeness (QED) is 0.780. The lowest BCUT2D eigenvalue weighted by Gasteiger charge is -2.30. The minimum absolute atomic E-state index is 0.234. The van der Waals surface area contributed by atoms with Gasteiger partial charge in [0.25, 0.3) is 0 Å². The third kappa shape index (κ3) is 3.29. The lowest BCUT2D eigenvalue weighted by molar-refractivity contribution is -0.0308. The Hall–Kier alpha value is -1.90. The van der Waals surface area contributed by atoms with Gasteiger partial charge in [0.2, 0.25) is 0 Å². The molecule has 0 aliphatic carbocycles. The highest BCUT2D eigenvalue weighted by Gasteiger charge is 2.27. The van der Waals surface area contributed by atoms with Crippen LogP contribution in [0.1, 0.15) is 18.9 Å². The van der Waals surface area contributed by atoms with Crippen LogP contribution in [0.3, 0.4) is 0 Å². The summed E-state index contributed by atoms with van der Waals surface area (Å²) in [6.07, 6.45) is -0.0378. The van der Waals surface area contributed by atoms with Gasteiger partial charge in [0, 0.05) is 20.1 Å². The minimum atomic E-state index is -0.272. The van der Waals surface area contributed by atoms with E-state index in [0.717, 1.165) is 37.0 Å². The van der Waals surface area contributed by atoms with Gasteiger partial charge in [-0.1, -0.05) is 12.1 Å². The molecular weight excluding hydrogens is 340 g/mol. The lowest BCUT2D eigenvalue weighted by atomic mass is 10.2. The van der Waals surface area contributed by atoms with Crippen molar-refractivity contribution in [2.45, 2.75) is 25.8 Å². The highest BCUT2D eigenvalue weighted by Crippen LogP contribution is 2.35. The van der Waals surface area contributed by atoms with Gasteiger partial charge >= 0.3 is 0 Å². The Morgan fingerprint density at radius 1 is 1.28 bits per heavy atom. The number of nitrogens with zero attached hydrogens (tertiary/aromatic N) is 4. The maximum atomic E-state index is 6.07. The zero-order valence-electron chi connectivity index (χ0n) is 14.4. The van der Waals surface area contributed by atoms with E-state index in [9.17, 15) is 0 Å². The predicted molar refractivity (Wildman–Crippen MR) is 94.3 cm³/mol. The normalized spacial score (nSPS) is 23.6. The van der Waals surface area contributed by atoms with E-state index in [0.29, 0.717) is 18.0 Å². The van der Waals surface area contributed by atoms with Crippen molar-refractivity contribution in [3.8, 4) is 11.5 Å². The van der Waals surface area contributed by atoms with Gasteiger partial charge in [-0.2, -0.15) is 5.10 Å². The van der Waals surface area contributed by atoms with Gasteiger partial charge in [-0.05, 0) is 31.3 Å². The molecule has 0 saturated carbocycles. The van der Waals surface area contributed by atoms with Crippen LogP contribution in [0.25, 0.3) is 0 Å². The summed E-state index contributed by atoms with van der Waals surface area (Å²) in [6.45, 7) is 5.67. The van der Waals surface area contributed by atoms with Crippen molar-refractivity contribution >= 4 is 12.2 Å². The molecule has 2 aromatic rings. The Bertz CT molecular complexity index is 818. The Labute approximate surface area is 151 Å². The first-order chi connectivity index (χ1) is 12.1. The average Bonchev–Trinajstić information content (AvgIpc) is 2.90. The molecule has 3 heterocycles. The molecule has 2 aliphatic rings. The maximum absolute atomic E-state index is 6.07. The van der Waals surface area contributed by atoms with E-state index in [1.165, 1.54) is 0 Å². The summed E-state index contributed by atoms with van der Waals surface area (Å²) in [7, 11) is 1.92. The van der Waals surface area contributed by atoms with Crippen LogP contribution >= 0.6 is 12.2 Å². The van der Waals surface area contributed by atoms with Gasteiger partial charge < -0.3 is 18.8 Å². The average molecular weight is 362 g/mol. The number of fused-ring (bicyclic) bond motifs is 1. The monoisotopic (exact) mass is 362 g/mol. The Morgan fingerprint density at radius 3 is 2.88 bits per heavy atom. The first-order valence-corrected chi connectivity index (χ1v) is 8.89. The van der Waals surface area contributed by atoms with Crippen LogP contribution in [-0.4, -0.2) is 51.7 Å². The fraction of sp³-hybridized carbons (Fsp3) is 0.529. The van der Waals surface area contributed by atoms with E-state index in [-0.39, 0.29) is 12.2 Å². The van der Waals surface area contributed by atoms with Gasteiger partial charge in [0.05, 0.1) is 19.4 Å². The van der Waals surface area contributed by atoms with Crippen LogP contribution < -0.4 is 9.47 Å². The topological polar surface area (TPSA) is 53.7 Å². The summed E-state index contributed by atoms with van der Waals surface area (Å²) >= 11 is 5.57. The number of benzene rings is 1. The molecule has 134 valence electrons. The molecule has 25 heavy (non-hydrogen) atoms. The molecule has 2 aliphatic heterocycles. The fourth-order valence-corrected chi connectivity index (χ4v) is 3.42. The molecule has 1 fully saturated rings. The standard InChI is InChI=1S/C17H22N4O3S/c1-12-9-20(7-8-22-12)11-21-17(25)19(2)16(18-21)15-10-23-13-5-3-4-6-14(13)24-15/h3-6,12,15H,7-11H2,1-2H3/t12-,15-/m0/s1. The number of hydrogen-bond acceptors (Lipinski definition) is 6. The maximum Gasteiger partial charge on any atom is 0.198 e. The molecule has 0 radical (unpaired) electrons. The SMILES string of the molecule is C[C@H]1CN(Cn2nc([C@@H]3COc4ccccc4O3)n(C)c2=S)CCO1. The molecule has 2 atom stereocenters. The smallest absolute Gasteiger partial charge is 0.198 e. The van der Waals surface area contributed by atoms with Crippen LogP contribution in [0.5, 0.6) is 11.5 Å². The molecule has 0 unspecified atom stereocenters. The van der Waals surface area contributed by atoms with E-state index in [1.807, 2.05) is 40.6 Å². The number of rotatable bonds is 3. The lowest BCUT2D eigenvalue weighted by Crippen LogP contribution is -2.42. The van der Waals surface area contributed by atoms with Crippen LogP contribution in [0, 0.1) is 4.77 Å². The molecule has 0 bridgehead atoms. The number of hydrogen-bond donors (Lipinski definition) is 0. The number of para-hydroxylation sites is 2. The molecule has 0 amide bonds. The number of morpholine rings is 1. The van der Waals surface area contributed by atoms with Crippen molar-refractivity contribution in [3.05, 3.63) is 34.9 Å². The molecular formula is C17H22N4O3S. The van der Waals surface area contributed by atoms with E-state index in [4.69, 9.17) is 31.5 Å². The second-order valence-electron chi connectivity index (χ2n) is 6.46.